The second-order valence-electron chi connectivity index (χ2n) is 3.55. The zero-order valence-corrected chi connectivity index (χ0v) is 8.17. The molecule has 1 rings (SSSR count). The molecule has 1 aromatic carbocycles. The molecule has 0 amide bonds. The molecule has 0 radical (unpaired) electrons. The average Bonchev–Trinajstić information content (AvgIpc) is 2.04. The lowest BCUT2D eigenvalue weighted by molar-refractivity contribution is 0.754. The lowest BCUT2D eigenvalue weighted by atomic mass is 9.99. The molecule has 2 heteroatoms. The Balaban J connectivity index is 2.69. The van der Waals surface area contributed by atoms with E-state index in [0.29, 0.717) is 0 Å². The van der Waals surface area contributed by atoms with Gasteiger partial charge >= 0.3 is 0 Å². The molecule has 0 fully saturated rings. The van der Waals surface area contributed by atoms with Gasteiger partial charge in [0.2, 0.25) is 0 Å². The van der Waals surface area contributed by atoms with Crippen molar-refractivity contribution in [2.45, 2.75) is 20.3 Å². The fourth-order valence-corrected chi connectivity index (χ4v) is 1.30. The second-order valence-corrected chi connectivity index (χ2v) is 3.55. The molecule has 0 aliphatic heterocycles. The van der Waals surface area contributed by atoms with Crippen molar-refractivity contribution in [2.24, 2.45) is 11.7 Å². The Kier molecular flexibility index (Phi) is 3.07. The first-order valence-corrected chi connectivity index (χ1v) is 4.49. The topological polar surface area (TPSA) is 49.9 Å². The zero-order valence-electron chi connectivity index (χ0n) is 8.17. The van der Waals surface area contributed by atoms with E-state index in [4.69, 9.17) is 11.1 Å². The van der Waals surface area contributed by atoms with Crippen LogP contribution in [0.25, 0.3) is 0 Å². The van der Waals surface area contributed by atoms with Crippen LogP contribution >= 0.6 is 0 Å². The van der Waals surface area contributed by atoms with Gasteiger partial charge in [0.1, 0.15) is 0 Å². The molecule has 0 saturated heterocycles. The molecule has 1 atom stereocenters. The molecule has 13 heavy (non-hydrogen) atoms. The van der Waals surface area contributed by atoms with Crippen LogP contribution in [0.1, 0.15) is 18.1 Å². The summed E-state index contributed by atoms with van der Waals surface area (Å²) in [7, 11) is 0. The number of hydrogen-bond donors (Lipinski definition) is 2. The normalized spacial score (nSPS) is 12.5. The van der Waals surface area contributed by atoms with Crippen LogP contribution in [-0.2, 0) is 6.42 Å². The Morgan fingerprint density at radius 3 is 2.77 bits per heavy atom. The number of benzene rings is 1. The third kappa shape index (κ3) is 2.90. The standard InChI is InChI=1S/C11H16N2/c1-8-4-3-5-10(6-8)7-9(2)11(12)13/h3-6,9H,7H2,1-2H3,(H3,12,13). The van der Waals surface area contributed by atoms with E-state index in [1.54, 1.807) is 0 Å². The summed E-state index contributed by atoms with van der Waals surface area (Å²) in [6, 6.07) is 8.32. The first-order chi connectivity index (χ1) is 6.09. The van der Waals surface area contributed by atoms with Crippen LogP contribution in [0, 0.1) is 18.3 Å². The number of nitrogens with one attached hydrogen (secondary N) is 1. The third-order valence-corrected chi connectivity index (χ3v) is 2.16. The molecular weight excluding hydrogens is 160 g/mol. The van der Waals surface area contributed by atoms with Gasteiger partial charge in [-0.25, -0.2) is 0 Å². The lowest BCUT2D eigenvalue weighted by Crippen LogP contribution is -2.21. The van der Waals surface area contributed by atoms with Crippen molar-refractivity contribution < 1.29 is 0 Å². The SMILES string of the molecule is Cc1cccc(CC(C)C(=N)N)c1. The largest absolute Gasteiger partial charge is 0.387 e. The van der Waals surface area contributed by atoms with E-state index >= 15 is 0 Å². The first-order valence-electron chi connectivity index (χ1n) is 4.49. The van der Waals surface area contributed by atoms with Crippen molar-refractivity contribution in [1.29, 1.82) is 5.41 Å². The minimum Gasteiger partial charge on any atom is -0.387 e. The molecule has 3 N–H and O–H groups in total. The maximum Gasteiger partial charge on any atom is 0.0937 e. The van der Waals surface area contributed by atoms with Crippen molar-refractivity contribution in [3.05, 3.63) is 35.4 Å². The van der Waals surface area contributed by atoms with Crippen LogP contribution in [0.3, 0.4) is 0 Å². The molecule has 70 valence electrons. The summed E-state index contributed by atoms with van der Waals surface area (Å²) in [5.74, 6) is 0.406. The highest BCUT2D eigenvalue weighted by atomic mass is 14.7. The molecule has 0 aromatic heterocycles. The molecule has 2 nitrogen and oxygen atoms in total. The van der Waals surface area contributed by atoms with Crippen molar-refractivity contribution in [2.75, 3.05) is 0 Å². The second kappa shape index (κ2) is 4.08. The predicted molar refractivity (Wildman–Crippen MR) is 56.0 cm³/mol. The third-order valence-electron chi connectivity index (χ3n) is 2.16. The Hall–Kier alpha value is -1.31. The number of nitrogens with two attached hydrogens (primary N) is 1. The smallest absolute Gasteiger partial charge is 0.0937 e. The van der Waals surface area contributed by atoms with Crippen molar-refractivity contribution in [1.82, 2.24) is 0 Å². The van der Waals surface area contributed by atoms with Gasteiger partial charge in [0, 0.05) is 5.92 Å². The number of aryl methyl sites for hydroxylation is 1. The Bertz CT molecular complexity index is 305. The molecule has 0 bridgehead atoms. The zero-order chi connectivity index (χ0) is 9.84. The molecular formula is C11H16N2. The Morgan fingerprint density at radius 2 is 2.23 bits per heavy atom. The molecule has 0 spiro atoms. The van der Waals surface area contributed by atoms with Gasteiger partial charge in [-0.2, -0.15) is 0 Å². The molecule has 1 aromatic rings. The first kappa shape index (κ1) is 9.78. The lowest BCUT2D eigenvalue weighted by Gasteiger charge is -2.09. The average molecular weight is 176 g/mol. The molecule has 1 unspecified atom stereocenters. The van der Waals surface area contributed by atoms with Gasteiger partial charge in [-0.15, -0.1) is 0 Å². The van der Waals surface area contributed by atoms with Gasteiger partial charge in [-0.3, -0.25) is 5.41 Å². The summed E-state index contributed by atoms with van der Waals surface area (Å²) in [6.07, 6.45) is 0.858. The minimum atomic E-state index is 0.141. The van der Waals surface area contributed by atoms with Gasteiger partial charge in [0.25, 0.3) is 0 Å². The summed E-state index contributed by atoms with van der Waals surface area (Å²) in [6.45, 7) is 4.05. The molecule has 0 aliphatic rings. The van der Waals surface area contributed by atoms with Crippen molar-refractivity contribution in [3.8, 4) is 0 Å². The highest BCUT2D eigenvalue weighted by molar-refractivity contribution is 5.79. The van der Waals surface area contributed by atoms with E-state index in [9.17, 15) is 0 Å². The molecule has 0 saturated carbocycles. The summed E-state index contributed by atoms with van der Waals surface area (Å²) >= 11 is 0. The van der Waals surface area contributed by atoms with Crippen LogP contribution < -0.4 is 5.73 Å². The number of hydrogen-bond acceptors (Lipinski definition) is 1. The van der Waals surface area contributed by atoms with Crippen LogP contribution in [0.5, 0.6) is 0 Å². The predicted octanol–water partition coefficient (Wildman–Crippen LogP) is 2.11. The van der Waals surface area contributed by atoms with E-state index in [0.717, 1.165) is 6.42 Å². The Morgan fingerprint density at radius 1 is 1.54 bits per heavy atom. The summed E-state index contributed by atoms with van der Waals surface area (Å²) in [5, 5.41) is 7.28. The van der Waals surface area contributed by atoms with E-state index in [1.807, 2.05) is 13.0 Å². The monoisotopic (exact) mass is 176 g/mol. The quantitative estimate of drug-likeness (QED) is 0.538. The van der Waals surface area contributed by atoms with E-state index in [1.165, 1.54) is 11.1 Å². The highest BCUT2D eigenvalue weighted by Gasteiger charge is 2.05. The van der Waals surface area contributed by atoms with Gasteiger partial charge in [0.05, 0.1) is 5.84 Å². The van der Waals surface area contributed by atoms with Crippen LogP contribution in [0.4, 0.5) is 0 Å². The fourth-order valence-electron chi connectivity index (χ4n) is 1.30. The van der Waals surface area contributed by atoms with Crippen molar-refractivity contribution >= 4 is 5.84 Å². The van der Waals surface area contributed by atoms with Crippen LogP contribution in [0.15, 0.2) is 24.3 Å². The van der Waals surface area contributed by atoms with Crippen LogP contribution in [-0.4, -0.2) is 5.84 Å². The summed E-state index contributed by atoms with van der Waals surface area (Å²) < 4.78 is 0. The van der Waals surface area contributed by atoms with Gasteiger partial charge < -0.3 is 5.73 Å². The summed E-state index contributed by atoms with van der Waals surface area (Å²) in [4.78, 5) is 0. The van der Waals surface area contributed by atoms with E-state index < -0.39 is 0 Å². The molecule has 0 heterocycles. The highest BCUT2D eigenvalue weighted by Crippen LogP contribution is 2.09. The van der Waals surface area contributed by atoms with Gasteiger partial charge in [-0.05, 0) is 18.9 Å². The number of amidine groups is 1. The summed E-state index contributed by atoms with van der Waals surface area (Å²) in [5.41, 5.74) is 7.92. The van der Waals surface area contributed by atoms with Crippen LogP contribution in [0.2, 0.25) is 0 Å². The Labute approximate surface area is 79.3 Å². The molecule has 0 aliphatic carbocycles. The maximum absolute atomic E-state index is 7.28. The van der Waals surface area contributed by atoms with E-state index in [2.05, 4.69) is 25.1 Å². The van der Waals surface area contributed by atoms with Gasteiger partial charge in [-0.1, -0.05) is 36.8 Å². The van der Waals surface area contributed by atoms with Gasteiger partial charge in [0.15, 0.2) is 0 Å². The maximum atomic E-state index is 7.28. The fraction of sp³-hybridized carbons (Fsp3) is 0.364. The van der Waals surface area contributed by atoms with Crippen molar-refractivity contribution in [3.63, 3.8) is 0 Å². The number of rotatable bonds is 3. The van der Waals surface area contributed by atoms with E-state index in [-0.39, 0.29) is 11.8 Å². The minimum absolute atomic E-state index is 0.141.